The van der Waals surface area contributed by atoms with Crippen LogP contribution < -0.4 is 4.72 Å². The molecule has 0 amide bonds. The first-order valence-electron chi connectivity index (χ1n) is 6.20. The summed E-state index contributed by atoms with van der Waals surface area (Å²) in [5.41, 5.74) is 1.05. The van der Waals surface area contributed by atoms with E-state index >= 15 is 0 Å². The zero-order chi connectivity index (χ0) is 14.6. The van der Waals surface area contributed by atoms with Crippen molar-refractivity contribution in [2.45, 2.75) is 18.0 Å². The average Bonchev–Trinajstić information content (AvgIpc) is 2.92. The molecule has 6 nitrogen and oxygen atoms in total. The van der Waals surface area contributed by atoms with Crippen molar-refractivity contribution in [3.8, 4) is 0 Å². The first kappa shape index (κ1) is 14.7. The summed E-state index contributed by atoms with van der Waals surface area (Å²) in [6, 6.07) is 6.87. The summed E-state index contributed by atoms with van der Waals surface area (Å²) in [5.74, 6) is 0.905. The molecule has 0 radical (unpaired) electrons. The van der Waals surface area contributed by atoms with Crippen molar-refractivity contribution in [3.05, 3.63) is 48.0 Å². The molecule has 0 unspecified atom stereocenters. The number of H-pyrrole nitrogens is 1. The number of imidazole rings is 1. The maximum Gasteiger partial charge on any atom is 0.240 e. The highest BCUT2D eigenvalue weighted by atomic mass is 32.2. The van der Waals surface area contributed by atoms with Gasteiger partial charge in [0, 0.05) is 18.9 Å². The molecule has 2 N–H and O–H groups in total. The number of sulfonamides is 1. The van der Waals surface area contributed by atoms with Gasteiger partial charge >= 0.3 is 0 Å². The van der Waals surface area contributed by atoms with Crippen LogP contribution in [0.25, 0.3) is 0 Å². The Balaban J connectivity index is 2.00. The summed E-state index contributed by atoms with van der Waals surface area (Å²) in [6.45, 7) is 1.43. The zero-order valence-corrected chi connectivity index (χ0v) is 12.3. The Hall–Kier alpha value is -1.70. The third kappa shape index (κ3) is 3.66. The maximum atomic E-state index is 11.6. The van der Waals surface area contributed by atoms with Crippen LogP contribution in [0, 0.1) is 0 Å². The van der Waals surface area contributed by atoms with E-state index in [4.69, 9.17) is 0 Å². The van der Waals surface area contributed by atoms with Gasteiger partial charge in [0.2, 0.25) is 10.0 Å². The topological polar surface area (TPSA) is 78.1 Å². The Morgan fingerprint density at radius 2 is 1.95 bits per heavy atom. The summed E-state index contributed by atoms with van der Waals surface area (Å²) in [5, 5.41) is 0. The number of hydrogen-bond acceptors (Lipinski definition) is 4. The molecular weight excluding hydrogens is 276 g/mol. The lowest BCUT2D eigenvalue weighted by Gasteiger charge is -2.15. The number of nitrogens with one attached hydrogen (secondary N) is 2. The number of benzene rings is 1. The molecule has 0 saturated heterocycles. The molecule has 0 atom stereocenters. The Bertz CT molecular complexity index is 636. The molecule has 0 spiro atoms. The van der Waals surface area contributed by atoms with Crippen LogP contribution >= 0.6 is 0 Å². The lowest BCUT2D eigenvalue weighted by molar-refractivity contribution is 0.311. The second kappa shape index (κ2) is 6.17. The van der Waals surface area contributed by atoms with Gasteiger partial charge < -0.3 is 4.98 Å². The van der Waals surface area contributed by atoms with Gasteiger partial charge in [-0.3, -0.25) is 4.90 Å². The van der Waals surface area contributed by atoms with Gasteiger partial charge in [0.1, 0.15) is 5.82 Å². The van der Waals surface area contributed by atoms with E-state index in [-0.39, 0.29) is 4.90 Å². The third-order valence-corrected chi connectivity index (χ3v) is 4.36. The maximum absolute atomic E-state index is 11.6. The minimum atomic E-state index is -3.36. The summed E-state index contributed by atoms with van der Waals surface area (Å²) in [6.07, 6.45) is 3.52. The van der Waals surface area contributed by atoms with Crippen molar-refractivity contribution in [2.24, 2.45) is 0 Å². The Morgan fingerprint density at radius 3 is 2.50 bits per heavy atom. The normalized spacial score (nSPS) is 11.9. The lowest BCUT2D eigenvalue weighted by Crippen LogP contribution is -2.19. The summed E-state index contributed by atoms with van der Waals surface area (Å²) >= 11 is 0. The minimum absolute atomic E-state index is 0.275. The number of hydrogen-bond donors (Lipinski definition) is 2. The monoisotopic (exact) mass is 294 g/mol. The van der Waals surface area contributed by atoms with Crippen LogP contribution in [-0.4, -0.2) is 37.4 Å². The average molecular weight is 294 g/mol. The lowest BCUT2D eigenvalue weighted by atomic mass is 10.2. The van der Waals surface area contributed by atoms with Gasteiger partial charge in [0.05, 0.1) is 11.4 Å². The van der Waals surface area contributed by atoms with E-state index in [1.807, 2.05) is 19.2 Å². The number of aromatic nitrogens is 2. The molecule has 108 valence electrons. The molecule has 20 heavy (non-hydrogen) atoms. The Morgan fingerprint density at radius 1 is 1.25 bits per heavy atom. The molecule has 0 bridgehead atoms. The highest BCUT2D eigenvalue weighted by molar-refractivity contribution is 7.89. The Kier molecular flexibility index (Phi) is 4.53. The van der Waals surface area contributed by atoms with Crippen LogP contribution in [0.15, 0.2) is 41.6 Å². The summed E-state index contributed by atoms with van der Waals surface area (Å²) in [7, 11) is 0.0270. The van der Waals surface area contributed by atoms with Crippen molar-refractivity contribution in [3.63, 3.8) is 0 Å². The fourth-order valence-electron chi connectivity index (χ4n) is 1.90. The largest absolute Gasteiger partial charge is 0.348 e. The molecule has 7 heteroatoms. The quantitative estimate of drug-likeness (QED) is 0.831. The number of aromatic amines is 1. The van der Waals surface area contributed by atoms with E-state index in [2.05, 4.69) is 19.6 Å². The van der Waals surface area contributed by atoms with Crippen molar-refractivity contribution in [1.29, 1.82) is 0 Å². The van der Waals surface area contributed by atoms with Gasteiger partial charge in [-0.25, -0.2) is 18.1 Å². The molecular formula is C13H18N4O2S. The second-order valence-electron chi connectivity index (χ2n) is 4.56. The predicted octanol–water partition coefficient (Wildman–Crippen LogP) is 0.950. The highest BCUT2D eigenvalue weighted by Crippen LogP contribution is 2.12. The summed E-state index contributed by atoms with van der Waals surface area (Å²) < 4.78 is 25.5. The standard InChI is InChI=1S/C13H18N4O2S/c1-14-20(18,19)12-5-3-11(4-6-12)9-17(2)10-13-15-7-8-16-13/h3-8,14H,9-10H2,1-2H3,(H,15,16). The van der Waals surface area contributed by atoms with E-state index in [0.717, 1.165) is 17.9 Å². The van der Waals surface area contributed by atoms with Crippen LogP contribution in [0.2, 0.25) is 0 Å². The van der Waals surface area contributed by atoms with Crippen LogP contribution in [0.3, 0.4) is 0 Å². The molecule has 0 aliphatic heterocycles. The number of nitrogens with zero attached hydrogens (tertiary/aromatic N) is 2. The van der Waals surface area contributed by atoms with Gasteiger partial charge in [-0.1, -0.05) is 12.1 Å². The van der Waals surface area contributed by atoms with Crippen LogP contribution in [-0.2, 0) is 23.1 Å². The second-order valence-corrected chi connectivity index (χ2v) is 6.45. The van der Waals surface area contributed by atoms with Crippen molar-refractivity contribution >= 4 is 10.0 Å². The van der Waals surface area contributed by atoms with Gasteiger partial charge in [0.15, 0.2) is 0 Å². The molecule has 1 aromatic carbocycles. The molecule has 0 saturated carbocycles. The molecule has 2 aromatic rings. The van der Waals surface area contributed by atoms with Crippen LogP contribution in [0.5, 0.6) is 0 Å². The third-order valence-electron chi connectivity index (χ3n) is 2.93. The zero-order valence-electron chi connectivity index (χ0n) is 11.5. The van der Waals surface area contributed by atoms with E-state index in [0.29, 0.717) is 6.54 Å². The van der Waals surface area contributed by atoms with E-state index < -0.39 is 10.0 Å². The van der Waals surface area contributed by atoms with Crippen molar-refractivity contribution in [1.82, 2.24) is 19.6 Å². The van der Waals surface area contributed by atoms with Gasteiger partial charge in [-0.05, 0) is 31.8 Å². The SMILES string of the molecule is CNS(=O)(=O)c1ccc(CN(C)Cc2ncc[nH]2)cc1. The molecule has 0 aliphatic carbocycles. The van der Waals surface area contributed by atoms with Crippen LogP contribution in [0.1, 0.15) is 11.4 Å². The van der Waals surface area contributed by atoms with Gasteiger partial charge in [-0.15, -0.1) is 0 Å². The first-order chi connectivity index (χ1) is 9.51. The van der Waals surface area contributed by atoms with Crippen LogP contribution in [0.4, 0.5) is 0 Å². The van der Waals surface area contributed by atoms with Crippen molar-refractivity contribution in [2.75, 3.05) is 14.1 Å². The molecule has 1 heterocycles. The van der Waals surface area contributed by atoms with E-state index in [1.165, 1.54) is 7.05 Å². The molecule has 0 aliphatic rings. The first-order valence-corrected chi connectivity index (χ1v) is 7.69. The molecule has 2 rings (SSSR count). The van der Waals surface area contributed by atoms with Gasteiger partial charge in [-0.2, -0.15) is 0 Å². The smallest absolute Gasteiger partial charge is 0.240 e. The predicted molar refractivity (Wildman–Crippen MR) is 76.4 cm³/mol. The van der Waals surface area contributed by atoms with E-state index in [9.17, 15) is 8.42 Å². The fraction of sp³-hybridized carbons (Fsp3) is 0.308. The highest BCUT2D eigenvalue weighted by Gasteiger charge is 2.11. The summed E-state index contributed by atoms with van der Waals surface area (Å²) in [4.78, 5) is 9.59. The minimum Gasteiger partial charge on any atom is -0.348 e. The van der Waals surface area contributed by atoms with E-state index in [1.54, 1.807) is 24.5 Å². The van der Waals surface area contributed by atoms with Crippen molar-refractivity contribution < 1.29 is 8.42 Å². The molecule has 1 aromatic heterocycles. The fourth-order valence-corrected chi connectivity index (χ4v) is 2.63. The van der Waals surface area contributed by atoms with Gasteiger partial charge in [0.25, 0.3) is 0 Å². The Labute approximate surface area is 118 Å². The number of rotatable bonds is 6. The molecule has 0 fully saturated rings.